The summed E-state index contributed by atoms with van der Waals surface area (Å²) < 4.78 is 6.70. The second kappa shape index (κ2) is 6.52. The molecule has 0 aliphatic carbocycles. The SMILES string of the molecule is CC(C)C(=O)Nc1nc2c(ncn2[C@H]2O[C@@H](CO)[C@@H](O)[C@H]2O)c(=O)[nH]1. The number of anilines is 1. The molecule has 3 heterocycles. The van der Waals surface area contributed by atoms with Crippen LogP contribution in [0.25, 0.3) is 11.2 Å². The molecule has 0 saturated carbocycles. The molecule has 0 aromatic carbocycles. The third-order valence-corrected chi connectivity index (χ3v) is 3.99. The highest BCUT2D eigenvalue weighted by Crippen LogP contribution is 2.30. The fourth-order valence-corrected chi connectivity index (χ4v) is 2.54. The summed E-state index contributed by atoms with van der Waals surface area (Å²) in [6.07, 6.45) is -3.46. The molecular formula is C14H19N5O6. The summed E-state index contributed by atoms with van der Waals surface area (Å²) in [6.45, 7) is 2.90. The first-order chi connectivity index (χ1) is 11.8. The Morgan fingerprint density at radius 2 is 2.16 bits per heavy atom. The van der Waals surface area contributed by atoms with Crippen LogP contribution < -0.4 is 10.9 Å². The maximum absolute atomic E-state index is 12.1. The van der Waals surface area contributed by atoms with Crippen LogP contribution in [0.5, 0.6) is 0 Å². The molecule has 11 heteroatoms. The van der Waals surface area contributed by atoms with Crippen molar-refractivity contribution < 1.29 is 24.9 Å². The molecule has 0 bridgehead atoms. The second-order valence-corrected chi connectivity index (χ2v) is 6.11. The van der Waals surface area contributed by atoms with Gasteiger partial charge in [-0.3, -0.25) is 24.5 Å². The van der Waals surface area contributed by atoms with Crippen molar-refractivity contribution in [3.8, 4) is 0 Å². The van der Waals surface area contributed by atoms with Crippen molar-refractivity contribution in [3.63, 3.8) is 0 Å². The number of rotatable bonds is 4. The molecule has 1 fully saturated rings. The van der Waals surface area contributed by atoms with E-state index in [0.717, 1.165) is 0 Å². The van der Waals surface area contributed by atoms with Gasteiger partial charge in [0.25, 0.3) is 5.56 Å². The molecule has 5 N–H and O–H groups in total. The first kappa shape index (κ1) is 17.5. The molecule has 1 aliphatic rings. The zero-order valence-corrected chi connectivity index (χ0v) is 13.6. The smallest absolute Gasteiger partial charge is 0.280 e. The lowest BCUT2D eigenvalue weighted by molar-refractivity contribution is -0.118. The highest BCUT2D eigenvalue weighted by Gasteiger charge is 2.44. The van der Waals surface area contributed by atoms with Gasteiger partial charge in [-0.05, 0) is 0 Å². The van der Waals surface area contributed by atoms with Crippen LogP contribution in [-0.4, -0.2) is 65.7 Å². The first-order valence-corrected chi connectivity index (χ1v) is 7.73. The summed E-state index contributed by atoms with van der Waals surface area (Å²) in [5.74, 6) is -0.711. The average Bonchev–Trinajstić information content (AvgIpc) is 3.10. The number of carbonyl (C=O) groups excluding carboxylic acids is 1. The zero-order valence-electron chi connectivity index (χ0n) is 13.6. The zero-order chi connectivity index (χ0) is 18.3. The molecule has 4 atom stereocenters. The Hall–Kier alpha value is -2.34. The van der Waals surface area contributed by atoms with Gasteiger partial charge in [-0.15, -0.1) is 0 Å². The molecule has 1 amide bonds. The molecule has 25 heavy (non-hydrogen) atoms. The van der Waals surface area contributed by atoms with Crippen LogP contribution in [-0.2, 0) is 9.53 Å². The summed E-state index contributed by atoms with van der Waals surface area (Å²) in [4.78, 5) is 34.4. The van der Waals surface area contributed by atoms with E-state index in [1.807, 2.05) is 0 Å². The summed E-state index contributed by atoms with van der Waals surface area (Å²) in [7, 11) is 0. The fourth-order valence-electron chi connectivity index (χ4n) is 2.54. The molecule has 0 unspecified atom stereocenters. The van der Waals surface area contributed by atoms with Crippen molar-refractivity contribution in [2.45, 2.75) is 38.4 Å². The van der Waals surface area contributed by atoms with E-state index >= 15 is 0 Å². The van der Waals surface area contributed by atoms with Crippen LogP contribution in [0.3, 0.4) is 0 Å². The Balaban J connectivity index is 2.01. The van der Waals surface area contributed by atoms with Crippen LogP contribution in [0.4, 0.5) is 5.95 Å². The number of aromatic nitrogens is 4. The molecule has 0 radical (unpaired) electrons. The van der Waals surface area contributed by atoms with Gasteiger partial charge in [0.2, 0.25) is 11.9 Å². The predicted octanol–water partition coefficient (Wildman–Crippen LogP) is -1.67. The van der Waals surface area contributed by atoms with E-state index in [9.17, 15) is 24.9 Å². The van der Waals surface area contributed by atoms with Crippen LogP contribution in [0, 0.1) is 5.92 Å². The third-order valence-electron chi connectivity index (χ3n) is 3.99. The van der Waals surface area contributed by atoms with Gasteiger partial charge in [0, 0.05) is 5.92 Å². The molecule has 2 aromatic heterocycles. The lowest BCUT2D eigenvalue weighted by Crippen LogP contribution is -2.33. The minimum absolute atomic E-state index is 0.0136. The van der Waals surface area contributed by atoms with Gasteiger partial charge in [-0.1, -0.05) is 13.8 Å². The van der Waals surface area contributed by atoms with Crippen molar-refractivity contribution in [1.82, 2.24) is 19.5 Å². The molecule has 2 aromatic rings. The number of H-pyrrole nitrogens is 1. The van der Waals surface area contributed by atoms with Gasteiger partial charge in [-0.2, -0.15) is 4.98 Å². The van der Waals surface area contributed by atoms with E-state index in [2.05, 4.69) is 20.3 Å². The summed E-state index contributed by atoms with van der Waals surface area (Å²) in [5.41, 5.74) is -0.521. The fraction of sp³-hybridized carbons (Fsp3) is 0.571. The predicted molar refractivity (Wildman–Crippen MR) is 84.6 cm³/mol. The van der Waals surface area contributed by atoms with Crippen molar-refractivity contribution in [1.29, 1.82) is 0 Å². The quantitative estimate of drug-likeness (QED) is 0.435. The van der Waals surface area contributed by atoms with Crippen LogP contribution in [0.2, 0.25) is 0 Å². The lowest BCUT2D eigenvalue weighted by atomic mass is 10.1. The number of aliphatic hydroxyl groups excluding tert-OH is 3. The standard InChI is InChI=1S/C14H19N5O6/c1-5(2)11(23)17-14-16-10-7(12(24)18-14)15-4-19(10)13-9(22)8(21)6(3-20)25-13/h4-6,8-9,13,20-22H,3H2,1-2H3,(H2,16,17,18,23,24)/t6-,8+,9+,13-/m0/s1. The Labute approximate surface area is 141 Å². The normalized spacial score (nSPS) is 26.5. The van der Waals surface area contributed by atoms with Crippen molar-refractivity contribution in [2.24, 2.45) is 5.92 Å². The van der Waals surface area contributed by atoms with Crippen molar-refractivity contribution in [3.05, 3.63) is 16.7 Å². The first-order valence-electron chi connectivity index (χ1n) is 7.73. The number of carbonyl (C=O) groups is 1. The summed E-state index contributed by atoms with van der Waals surface area (Å²) >= 11 is 0. The Morgan fingerprint density at radius 1 is 1.44 bits per heavy atom. The maximum atomic E-state index is 12.1. The Bertz CT molecular complexity index is 846. The topological polar surface area (TPSA) is 163 Å². The van der Waals surface area contributed by atoms with Crippen LogP contribution in [0.15, 0.2) is 11.1 Å². The number of ether oxygens (including phenoxy) is 1. The minimum atomic E-state index is -1.34. The van der Waals surface area contributed by atoms with Crippen molar-refractivity contribution >= 4 is 23.0 Å². The highest BCUT2D eigenvalue weighted by atomic mass is 16.6. The van der Waals surface area contributed by atoms with Crippen LogP contribution in [0.1, 0.15) is 20.1 Å². The molecular weight excluding hydrogens is 334 g/mol. The van der Waals surface area contributed by atoms with E-state index in [-0.39, 0.29) is 28.9 Å². The number of hydrogen-bond acceptors (Lipinski definition) is 8. The van der Waals surface area contributed by atoms with E-state index in [1.165, 1.54) is 10.9 Å². The number of hydrogen-bond donors (Lipinski definition) is 5. The van der Waals surface area contributed by atoms with Gasteiger partial charge in [-0.25, -0.2) is 4.98 Å². The summed E-state index contributed by atoms with van der Waals surface area (Å²) in [5, 5.41) is 31.7. The van der Waals surface area contributed by atoms with Gasteiger partial charge in [0.05, 0.1) is 12.9 Å². The lowest BCUT2D eigenvalue weighted by Gasteiger charge is -2.16. The molecule has 0 spiro atoms. The summed E-state index contributed by atoms with van der Waals surface area (Å²) in [6, 6.07) is 0. The molecule has 3 rings (SSSR count). The Morgan fingerprint density at radius 3 is 2.76 bits per heavy atom. The molecule has 136 valence electrons. The largest absolute Gasteiger partial charge is 0.394 e. The third kappa shape index (κ3) is 3.02. The van der Waals surface area contributed by atoms with Gasteiger partial charge >= 0.3 is 0 Å². The monoisotopic (exact) mass is 353 g/mol. The van der Waals surface area contributed by atoms with E-state index in [0.29, 0.717) is 0 Å². The highest BCUT2D eigenvalue weighted by molar-refractivity contribution is 5.91. The maximum Gasteiger partial charge on any atom is 0.280 e. The van der Waals surface area contributed by atoms with E-state index in [1.54, 1.807) is 13.8 Å². The number of nitrogens with one attached hydrogen (secondary N) is 2. The Kier molecular flexibility index (Phi) is 4.56. The molecule has 1 saturated heterocycles. The number of aliphatic hydroxyl groups is 3. The van der Waals surface area contributed by atoms with Crippen LogP contribution >= 0.6 is 0 Å². The number of aromatic amines is 1. The number of fused-ring (bicyclic) bond motifs is 1. The van der Waals surface area contributed by atoms with Gasteiger partial charge < -0.3 is 20.1 Å². The van der Waals surface area contributed by atoms with Gasteiger partial charge in [0.15, 0.2) is 17.4 Å². The van der Waals surface area contributed by atoms with E-state index in [4.69, 9.17) is 4.74 Å². The molecule has 11 nitrogen and oxygen atoms in total. The number of imidazole rings is 1. The van der Waals surface area contributed by atoms with Crippen molar-refractivity contribution in [2.75, 3.05) is 11.9 Å². The van der Waals surface area contributed by atoms with Gasteiger partial charge in [0.1, 0.15) is 18.3 Å². The number of amides is 1. The van der Waals surface area contributed by atoms with E-state index < -0.39 is 36.7 Å². The second-order valence-electron chi connectivity index (χ2n) is 6.11. The average molecular weight is 353 g/mol. The molecule has 1 aliphatic heterocycles. The number of nitrogens with zero attached hydrogens (tertiary/aromatic N) is 3. The minimum Gasteiger partial charge on any atom is -0.394 e.